The summed E-state index contributed by atoms with van der Waals surface area (Å²) < 4.78 is 0. The summed E-state index contributed by atoms with van der Waals surface area (Å²) in [5.74, 6) is 0.397. The molecule has 1 unspecified atom stereocenters. The molecule has 0 radical (unpaired) electrons. The lowest BCUT2D eigenvalue weighted by Crippen LogP contribution is -2.14. The van der Waals surface area contributed by atoms with Crippen LogP contribution in [0.15, 0.2) is 41.8 Å². The second kappa shape index (κ2) is 6.44. The summed E-state index contributed by atoms with van der Waals surface area (Å²) in [6.07, 6.45) is 1.10. The van der Waals surface area contributed by atoms with Gasteiger partial charge in [-0.2, -0.15) is 0 Å². The fraction of sp³-hybridized carbons (Fsp3) is 0.389. The van der Waals surface area contributed by atoms with Gasteiger partial charge in [-0.15, -0.1) is 11.3 Å². The number of hydrogen-bond donors (Lipinski definition) is 1. The van der Waals surface area contributed by atoms with Crippen LogP contribution in [0.25, 0.3) is 0 Å². The van der Waals surface area contributed by atoms with Crippen molar-refractivity contribution in [2.45, 2.75) is 40.0 Å². The molecule has 3 heteroatoms. The van der Waals surface area contributed by atoms with E-state index in [4.69, 9.17) is 0 Å². The van der Waals surface area contributed by atoms with Gasteiger partial charge in [0.25, 0.3) is 5.91 Å². The monoisotopic (exact) mass is 301 g/mol. The third-order valence-corrected chi connectivity index (χ3v) is 4.49. The molecule has 0 saturated heterocycles. The first-order valence-corrected chi connectivity index (χ1v) is 8.18. The van der Waals surface area contributed by atoms with Crippen molar-refractivity contribution in [1.82, 2.24) is 0 Å². The maximum atomic E-state index is 12.3. The average Bonchev–Trinajstić information content (AvgIpc) is 2.86. The van der Waals surface area contributed by atoms with Gasteiger partial charge < -0.3 is 5.32 Å². The summed E-state index contributed by atoms with van der Waals surface area (Å²) in [6, 6.07) is 11.3. The van der Waals surface area contributed by atoms with Crippen molar-refractivity contribution < 1.29 is 4.79 Å². The summed E-state index contributed by atoms with van der Waals surface area (Å²) in [6.45, 7) is 8.98. The van der Waals surface area contributed by atoms with Crippen LogP contribution in [0.4, 0.5) is 5.69 Å². The highest BCUT2D eigenvalue weighted by Crippen LogP contribution is 2.37. The van der Waals surface area contributed by atoms with E-state index in [9.17, 15) is 4.79 Å². The van der Waals surface area contributed by atoms with Gasteiger partial charge in [0.15, 0.2) is 0 Å². The average molecular weight is 301 g/mol. The van der Waals surface area contributed by atoms with Crippen LogP contribution in [0.2, 0.25) is 0 Å². The van der Waals surface area contributed by atoms with Crippen LogP contribution in [-0.4, -0.2) is 5.91 Å². The fourth-order valence-corrected chi connectivity index (χ4v) is 3.51. The molecule has 0 fully saturated rings. The zero-order chi connectivity index (χ0) is 15.5. The van der Waals surface area contributed by atoms with E-state index in [0.29, 0.717) is 11.5 Å². The lowest BCUT2D eigenvalue weighted by Gasteiger charge is -2.23. The molecule has 0 spiro atoms. The predicted octanol–water partition coefficient (Wildman–Crippen LogP) is 5.54. The molecular formula is C18H23NOS. The van der Waals surface area contributed by atoms with Gasteiger partial charge in [0.05, 0.1) is 5.69 Å². The Morgan fingerprint density at radius 1 is 1.19 bits per heavy atom. The Morgan fingerprint density at radius 2 is 1.86 bits per heavy atom. The number of hydrogen-bond acceptors (Lipinski definition) is 2. The molecule has 112 valence electrons. The first-order valence-electron chi connectivity index (χ1n) is 7.30. The lowest BCUT2D eigenvalue weighted by molar-refractivity contribution is 0.102. The quantitative estimate of drug-likeness (QED) is 0.789. The van der Waals surface area contributed by atoms with Crippen molar-refractivity contribution in [2.75, 3.05) is 5.32 Å². The second-order valence-corrected chi connectivity index (χ2v) is 7.63. The highest BCUT2D eigenvalue weighted by atomic mass is 32.1. The highest BCUT2D eigenvalue weighted by molar-refractivity contribution is 7.10. The van der Waals surface area contributed by atoms with E-state index < -0.39 is 0 Å². The van der Waals surface area contributed by atoms with Crippen molar-refractivity contribution in [1.29, 1.82) is 0 Å². The second-order valence-electron chi connectivity index (χ2n) is 6.68. The minimum atomic E-state index is -0.0433. The summed E-state index contributed by atoms with van der Waals surface area (Å²) in [5.41, 5.74) is 1.92. The summed E-state index contributed by atoms with van der Waals surface area (Å²) in [7, 11) is 0. The molecule has 0 aliphatic heterocycles. The van der Waals surface area contributed by atoms with E-state index in [1.54, 1.807) is 11.3 Å². The molecule has 2 rings (SSSR count). The normalized spacial score (nSPS) is 13.0. The SMILES string of the molecule is CC(CC(C)(C)C)c1sccc1NC(=O)c1ccccc1. The van der Waals surface area contributed by atoms with Crippen LogP contribution in [-0.2, 0) is 0 Å². The van der Waals surface area contributed by atoms with Crippen LogP contribution in [0.1, 0.15) is 55.3 Å². The number of nitrogens with one attached hydrogen (secondary N) is 1. The van der Waals surface area contributed by atoms with Gasteiger partial charge in [-0.1, -0.05) is 45.9 Å². The maximum absolute atomic E-state index is 12.3. The number of amides is 1. The molecule has 1 N–H and O–H groups in total. The molecule has 0 bridgehead atoms. The molecule has 2 nitrogen and oxygen atoms in total. The molecule has 21 heavy (non-hydrogen) atoms. The fourth-order valence-electron chi connectivity index (χ4n) is 2.60. The Bertz CT molecular complexity index is 595. The number of benzene rings is 1. The molecule has 1 aromatic carbocycles. The molecule has 1 aromatic heterocycles. The Hall–Kier alpha value is -1.61. The number of thiophene rings is 1. The summed E-state index contributed by atoms with van der Waals surface area (Å²) >= 11 is 1.72. The number of carbonyl (C=O) groups is 1. The first-order chi connectivity index (χ1) is 9.87. The number of rotatable bonds is 4. The van der Waals surface area contributed by atoms with Gasteiger partial charge in [-0.3, -0.25) is 4.79 Å². The van der Waals surface area contributed by atoms with E-state index >= 15 is 0 Å². The van der Waals surface area contributed by atoms with Gasteiger partial charge in [-0.05, 0) is 41.3 Å². The molecule has 0 saturated carbocycles. The zero-order valence-electron chi connectivity index (χ0n) is 13.1. The maximum Gasteiger partial charge on any atom is 0.255 e. The molecule has 0 aliphatic rings. The van der Waals surface area contributed by atoms with Crippen LogP contribution in [0.5, 0.6) is 0 Å². The van der Waals surface area contributed by atoms with E-state index in [-0.39, 0.29) is 11.3 Å². The summed E-state index contributed by atoms with van der Waals surface area (Å²) in [4.78, 5) is 13.5. The molecule has 1 atom stereocenters. The molecule has 1 amide bonds. The van der Waals surface area contributed by atoms with E-state index in [0.717, 1.165) is 12.1 Å². The smallest absolute Gasteiger partial charge is 0.255 e. The number of anilines is 1. The van der Waals surface area contributed by atoms with Gasteiger partial charge in [0, 0.05) is 10.4 Å². The van der Waals surface area contributed by atoms with E-state index in [1.165, 1.54) is 4.88 Å². The zero-order valence-corrected chi connectivity index (χ0v) is 14.0. The minimum absolute atomic E-state index is 0.0433. The molecule has 0 aliphatic carbocycles. The van der Waals surface area contributed by atoms with Crippen LogP contribution in [0, 0.1) is 5.41 Å². The third kappa shape index (κ3) is 4.43. The van der Waals surface area contributed by atoms with Crippen LogP contribution < -0.4 is 5.32 Å². The standard InChI is InChI=1S/C18H23NOS/c1-13(12-18(2,3)4)16-15(10-11-21-16)19-17(20)14-8-6-5-7-9-14/h5-11,13H,12H2,1-4H3,(H,19,20). The Labute approximate surface area is 131 Å². The van der Waals surface area contributed by atoms with Crippen LogP contribution in [0.3, 0.4) is 0 Å². The minimum Gasteiger partial charge on any atom is -0.321 e. The Morgan fingerprint density at radius 3 is 2.48 bits per heavy atom. The molecular weight excluding hydrogens is 278 g/mol. The van der Waals surface area contributed by atoms with Crippen LogP contribution >= 0.6 is 11.3 Å². The Balaban J connectivity index is 2.12. The van der Waals surface area contributed by atoms with E-state index in [1.807, 2.05) is 36.4 Å². The van der Waals surface area contributed by atoms with Gasteiger partial charge in [0.1, 0.15) is 0 Å². The topological polar surface area (TPSA) is 29.1 Å². The lowest BCUT2D eigenvalue weighted by atomic mass is 9.84. The van der Waals surface area contributed by atoms with Gasteiger partial charge >= 0.3 is 0 Å². The third-order valence-electron chi connectivity index (χ3n) is 3.35. The van der Waals surface area contributed by atoms with E-state index in [2.05, 4.69) is 38.4 Å². The van der Waals surface area contributed by atoms with Gasteiger partial charge in [-0.25, -0.2) is 0 Å². The van der Waals surface area contributed by atoms with Crippen molar-refractivity contribution in [3.8, 4) is 0 Å². The van der Waals surface area contributed by atoms with Crippen molar-refractivity contribution in [3.05, 3.63) is 52.2 Å². The highest BCUT2D eigenvalue weighted by Gasteiger charge is 2.20. The van der Waals surface area contributed by atoms with Crippen molar-refractivity contribution in [2.24, 2.45) is 5.41 Å². The largest absolute Gasteiger partial charge is 0.321 e. The molecule has 1 heterocycles. The van der Waals surface area contributed by atoms with Crippen molar-refractivity contribution >= 4 is 22.9 Å². The predicted molar refractivity (Wildman–Crippen MR) is 91.2 cm³/mol. The Kier molecular flexibility index (Phi) is 4.84. The molecule has 2 aromatic rings. The first kappa shape index (κ1) is 15.8. The van der Waals surface area contributed by atoms with Crippen molar-refractivity contribution in [3.63, 3.8) is 0 Å². The number of carbonyl (C=O) groups excluding carboxylic acids is 1. The van der Waals surface area contributed by atoms with Gasteiger partial charge in [0.2, 0.25) is 0 Å². The summed E-state index contributed by atoms with van der Waals surface area (Å²) in [5, 5.41) is 5.10.